The number of nitrogens with two attached hydrogens (primary N) is 1. The van der Waals surface area contributed by atoms with E-state index in [1.807, 2.05) is 12.1 Å². The van der Waals surface area contributed by atoms with Crippen LogP contribution in [0.25, 0.3) is 10.9 Å². The molecule has 2 unspecified atom stereocenters. The lowest BCUT2D eigenvalue weighted by molar-refractivity contribution is 0.332. The number of sulfone groups is 1. The number of fused-ring (bicyclic) bond motifs is 3. The fraction of sp³-hybridized carbons (Fsp3) is 0.364. The molecule has 28 heavy (non-hydrogen) atoms. The van der Waals surface area contributed by atoms with Gasteiger partial charge in [0.15, 0.2) is 0 Å². The van der Waals surface area contributed by atoms with E-state index < -0.39 is 9.84 Å². The van der Waals surface area contributed by atoms with Crippen molar-refractivity contribution in [1.29, 1.82) is 0 Å². The zero-order valence-corrected chi connectivity index (χ0v) is 16.8. The molecule has 146 valence electrons. The van der Waals surface area contributed by atoms with E-state index >= 15 is 0 Å². The molecule has 0 radical (unpaired) electrons. The Hall–Kier alpha value is -2.15. The molecule has 0 spiro atoms. The Labute approximate surface area is 165 Å². The van der Waals surface area contributed by atoms with Crippen LogP contribution in [0.4, 0.5) is 0 Å². The van der Waals surface area contributed by atoms with Crippen molar-refractivity contribution in [2.75, 3.05) is 6.54 Å². The molecule has 3 heterocycles. The third-order valence-corrected chi connectivity index (χ3v) is 8.23. The molecule has 2 aromatic carbocycles. The van der Waals surface area contributed by atoms with Gasteiger partial charge in [0.25, 0.3) is 0 Å². The Morgan fingerprint density at radius 2 is 1.86 bits per heavy atom. The standard InChI is InChI=1S/C22H25N3O2S/c1-25-20-9-7-17(28(26,27)16-5-2-14(12-23)3-6-16)11-18(20)22-19-8-4-15(13-24-19)10-21(22)25/h2-3,5-7,9,11,15,19,24H,4,8,10,12-13,23H2,1H3. The highest BCUT2D eigenvalue weighted by molar-refractivity contribution is 7.91. The second kappa shape index (κ2) is 6.44. The molecule has 3 aliphatic rings. The van der Waals surface area contributed by atoms with Crippen molar-refractivity contribution < 1.29 is 8.42 Å². The fourth-order valence-corrected chi connectivity index (χ4v) is 6.14. The molecule has 3 aromatic rings. The number of nitrogens with zero attached hydrogens (tertiary/aromatic N) is 1. The van der Waals surface area contributed by atoms with E-state index in [9.17, 15) is 8.42 Å². The van der Waals surface area contributed by atoms with Crippen molar-refractivity contribution in [3.8, 4) is 0 Å². The molecule has 1 saturated heterocycles. The summed E-state index contributed by atoms with van der Waals surface area (Å²) in [5.74, 6) is 0.671. The predicted octanol–water partition coefficient (Wildman–Crippen LogP) is 3.07. The number of aryl methyl sites for hydroxylation is 1. The fourth-order valence-electron chi connectivity index (χ4n) is 4.86. The smallest absolute Gasteiger partial charge is 0.206 e. The van der Waals surface area contributed by atoms with E-state index in [2.05, 4.69) is 16.9 Å². The maximum Gasteiger partial charge on any atom is 0.206 e. The summed E-state index contributed by atoms with van der Waals surface area (Å²) in [7, 11) is -1.46. The summed E-state index contributed by atoms with van der Waals surface area (Å²) in [6.45, 7) is 1.45. The van der Waals surface area contributed by atoms with Crippen molar-refractivity contribution in [2.45, 2.75) is 41.6 Å². The van der Waals surface area contributed by atoms with Gasteiger partial charge in [0, 0.05) is 36.2 Å². The lowest BCUT2D eigenvalue weighted by Crippen LogP contribution is -2.30. The topological polar surface area (TPSA) is 77.1 Å². The van der Waals surface area contributed by atoms with Gasteiger partial charge in [-0.25, -0.2) is 8.42 Å². The zero-order chi connectivity index (χ0) is 19.5. The SMILES string of the molecule is Cn1c2c(c3cc(S(=O)(=O)c4ccc(CN)cc4)ccc31)C1CCC(CN1)C2. The average molecular weight is 396 g/mol. The highest BCUT2D eigenvalue weighted by atomic mass is 32.2. The van der Waals surface area contributed by atoms with Crippen molar-refractivity contribution >= 4 is 20.7 Å². The van der Waals surface area contributed by atoms with E-state index in [4.69, 9.17) is 5.73 Å². The maximum atomic E-state index is 13.2. The van der Waals surface area contributed by atoms with E-state index in [0.29, 0.717) is 28.3 Å². The van der Waals surface area contributed by atoms with E-state index in [1.165, 1.54) is 17.7 Å². The number of aromatic nitrogens is 1. The van der Waals surface area contributed by atoms with Crippen LogP contribution in [0.15, 0.2) is 52.3 Å². The van der Waals surface area contributed by atoms with E-state index in [1.54, 1.807) is 30.3 Å². The first kappa shape index (κ1) is 17.9. The van der Waals surface area contributed by atoms with Gasteiger partial charge in [0.2, 0.25) is 9.84 Å². The van der Waals surface area contributed by atoms with Crippen LogP contribution >= 0.6 is 0 Å². The summed E-state index contributed by atoms with van der Waals surface area (Å²) in [5.41, 5.74) is 10.3. The number of piperidine rings is 1. The highest BCUT2D eigenvalue weighted by Crippen LogP contribution is 2.41. The van der Waals surface area contributed by atoms with Crippen LogP contribution in [-0.2, 0) is 29.9 Å². The maximum absolute atomic E-state index is 13.2. The normalized spacial score (nSPS) is 21.6. The number of hydrogen-bond donors (Lipinski definition) is 2. The number of benzene rings is 2. The van der Waals surface area contributed by atoms with Gasteiger partial charge in [-0.15, -0.1) is 0 Å². The van der Waals surface area contributed by atoms with Gasteiger partial charge in [0.1, 0.15) is 0 Å². The highest BCUT2D eigenvalue weighted by Gasteiger charge is 2.33. The molecule has 1 aliphatic carbocycles. The molecule has 0 amide bonds. The van der Waals surface area contributed by atoms with Crippen LogP contribution < -0.4 is 11.1 Å². The van der Waals surface area contributed by atoms with Crippen molar-refractivity contribution in [3.63, 3.8) is 0 Å². The van der Waals surface area contributed by atoms with Crippen molar-refractivity contribution in [1.82, 2.24) is 9.88 Å². The van der Waals surface area contributed by atoms with Gasteiger partial charge in [-0.3, -0.25) is 0 Å². The summed E-state index contributed by atoms with van der Waals surface area (Å²) in [6.07, 6.45) is 3.42. The van der Waals surface area contributed by atoms with Gasteiger partial charge in [-0.1, -0.05) is 12.1 Å². The summed E-state index contributed by atoms with van der Waals surface area (Å²) in [6, 6.07) is 12.7. The second-order valence-electron chi connectivity index (χ2n) is 8.06. The van der Waals surface area contributed by atoms with Gasteiger partial charge >= 0.3 is 0 Å². The number of hydrogen-bond acceptors (Lipinski definition) is 4. The van der Waals surface area contributed by atoms with Crippen molar-refractivity contribution in [2.24, 2.45) is 18.7 Å². The molecule has 6 rings (SSSR count). The summed E-state index contributed by atoms with van der Waals surface area (Å²) in [5, 5.41) is 4.74. The molecular formula is C22H25N3O2S. The summed E-state index contributed by atoms with van der Waals surface area (Å²) in [4.78, 5) is 0.665. The van der Waals surface area contributed by atoms with Crippen LogP contribution in [0.1, 0.15) is 35.7 Å². The Morgan fingerprint density at radius 3 is 2.54 bits per heavy atom. The summed E-state index contributed by atoms with van der Waals surface area (Å²) < 4.78 is 28.7. The Bertz CT molecular complexity index is 1150. The van der Waals surface area contributed by atoms with Gasteiger partial charge in [0.05, 0.1) is 9.79 Å². The van der Waals surface area contributed by atoms with Crippen LogP contribution in [0.2, 0.25) is 0 Å². The molecule has 2 bridgehead atoms. The molecule has 2 aliphatic heterocycles. The average Bonchev–Trinajstić information content (AvgIpc) is 2.87. The third-order valence-electron chi connectivity index (χ3n) is 6.46. The van der Waals surface area contributed by atoms with E-state index in [-0.39, 0.29) is 0 Å². The molecular weight excluding hydrogens is 370 g/mol. The Kier molecular flexibility index (Phi) is 4.12. The largest absolute Gasteiger partial charge is 0.347 e. The first-order chi connectivity index (χ1) is 13.5. The number of nitrogens with one attached hydrogen (secondary N) is 1. The lowest BCUT2D eigenvalue weighted by Gasteiger charge is -2.25. The Morgan fingerprint density at radius 1 is 1.11 bits per heavy atom. The van der Waals surface area contributed by atoms with Crippen LogP contribution in [0.3, 0.4) is 0 Å². The molecule has 1 aromatic heterocycles. The predicted molar refractivity (Wildman–Crippen MR) is 110 cm³/mol. The second-order valence-corrected chi connectivity index (χ2v) is 10.0. The van der Waals surface area contributed by atoms with Gasteiger partial charge < -0.3 is 15.6 Å². The first-order valence-corrected chi connectivity index (χ1v) is 11.4. The first-order valence-electron chi connectivity index (χ1n) is 9.87. The molecule has 3 N–H and O–H groups in total. The molecule has 1 fully saturated rings. The molecule has 6 heteroatoms. The Balaban J connectivity index is 1.67. The van der Waals surface area contributed by atoms with Gasteiger partial charge in [-0.05, 0) is 73.2 Å². The molecule has 2 atom stereocenters. The molecule has 0 saturated carbocycles. The minimum absolute atomic E-state index is 0.310. The number of rotatable bonds is 3. The third kappa shape index (κ3) is 2.63. The van der Waals surface area contributed by atoms with Crippen LogP contribution in [-0.4, -0.2) is 19.5 Å². The monoisotopic (exact) mass is 395 g/mol. The van der Waals surface area contributed by atoms with Crippen LogP contribution in [0.5, 0.6) is 0 Å². The minimum atomic E-state index is -3.57. The minimum Gasteiger partial charge on any atom is -0.347 e. The van der Waals surface area contributed by atoms with Gasteiger partial charge in [-0.2, -0.15) is 0 Å². The molecule has 5 nitrogen and oxygen atoms in total. The van der Waals surface area contributed by atoms with Crippen molar-refractivity contribution in [3.05, 3.63) is 59.3 Å². The zero-order valence-electron chi connectivity index (χ0n) is 16.0. The van der Waals surface area contributed by atoms with E-state index in [0.717, 1.165) is 35.9 Å². The summed E-state index contributed by atoms with van der Waals surface area (Å²) >= 11 is 0. The lowest BCUT2D eigenvalue weighted by atomic mass is 9.95. The van der Waals surface area contributed by atoms with Crippen LogP contribution in [0, 0.1) is 5.92 Å². The quantitative estimate of drug-likeness (QED) is 0.715.